The zero-order valence-corrected chi connectivity index (χ0v) is 15.0. The molecule has 2 aliphatic heterocycles. The van der Waals surface area contributed by atoms with E-state index >= 15 is 0 Å². The maximum Gasteiger partial charge on any atom is 0.264 e. The van der Waals surface area contributed by atoms with Gasteiger partial charge in [-0.05, 0) is 30.4 Å². The Balaban J connectivity index is 1.53. The number of likely N-dealkylation sites (tertiary alicyclic amines) is 1. The molecule has 0 radical (unpaired) electrons. The zero-order valence-electron chi connectivity index (χ0n) is 14.2. The summed E-state index contributed by atoms with van der Waals surface area (Å²) in [6.07, 6.45) is 2.96. The number of rotatable bonds is 3. The molecule has 0 N–H and O–H groups in total. The molecular weight excluding hydrogens is 338 g/mol. The second-order valence-electron chi connectivity index (χ2n) is 6.42. The molecule has 3 heterocycles. The van der Waals surface area contributed by atoms with Gasteiger partial charge in [0.05, 0.1) is 10.8 Å². The number of amides is 3. The van der Waals surface area contributed by atoms with Crippen molar-refractivity contribution in [3.05, 3.63) is 35.0 Å². The van der Waals surface area contributed by atoms with Gasteiger partial charge in [0.25, 0.3) is 5.91 Å². The molecule has 1 atom stereocenters. The normalized spacial score (nSPS) is 21.1. The number of piperazine rings is 1. The van der Waals surface area contributed by atoms with Gasteiger partial charge in [-0.3, -0.25) is 14.4 Å². The lowest BCUT2D eigenvalue weighted by atomic mass is 9.96. The average molecular weight is 361 g/mol. The van der Waals surface area contributed by atoms with Crippen LogP contribution >= 0.6 is 11.3 Å². The molecule has 1 unspecified atom stereocenters. The van der Waals surface area contributed by atoms with Crippen LogP contribution in [0.2, 0.25) is 0 Å². The van der Waals surface area contributed by atoms with Crippen LogP contribution in [0.5, 0.6) is 0 Å². The topological polar surface area (TPSA) is 60.9 Å². The van der Waals surface area contributed by atoms with Gasteiger partial charge in [-0.1, -0.05) is 12.6 Å². The molecule has 0 saturated carbocycles. The Morgan fingerprint density at radius 2 is 1.80 bits per heavy atom. The van der Waals surface area contributed by atoms with Gasteiger partial charge in [0.2, 0.25) is 11.8 Å². The van der Waals surface area contributed by atoms with Gasteiger partial charge in [-0.15, -0.1) is 11.3 Å². The highest BCUT2D eigenvalue weighted by molar-refractivity contribution is 7.12. The van der Waals surface area contributed by atoms with Crippen molar-refractivity contribution < 1.29 is 14.4 Å². The second kappa shape index (κ2) is 7.82. The summed E-state index contributed by atoms with van der Waals surface area (Å²) in [5, 5.41) is 1.90. The summed E-state index contributed by atoms with van der Waals surface area (Å²) in [5.41, 5.74) is 0. The van der Waals surface area contributed by atoms with E-state index in [0.29, 0.717) is 39.3 Å². The molecule has 0 spiro atoms. The minimum absolute atomic E-state index is 0.0440. The van der Waals surface area contributed by atoms with E-state index in [1.165, 1.54) is 17.4 Å². The Hall–Kier alpha value is -2.15. The van der Waals surface area contributed by atoms with Crippen molar-refractivity contribution in [2.24, 2.45) is 5.92 Å². The van der Waals surface area contributed by atoms with E-state index in [-0.39, 0.29) is 23.6 Å². The molecule has 25 heavy (non-hydrogen) atoms. The molecule has 1 aromatic rings. The van der Waals surface area contributed by atoms with Crippen LogP contribution in [-0.4, -0.2) is 71.7 Å². The summed E-state index contributed by atoms with van der Waals surface area (Å²) in [5.74, 6) is -0.103. The predicted molar refractivity (Wildman–Crippen MR) is 96.3 cm³/mol. The van der Waals surface area contributed by atoms with Crippen molar-refractivity contribution in [2.45, 2.75) is 12.8 Å². The Bertz CT molecular complexity index is 651. The van der Waals surface area contributed by atoms with E-state index in [0.717, 1.165) is 17.7 Å². The fourth-order valence-corrected chi connectivity index (χ4v) is 4.14. The molecule has 2 fully saturated rings. The minimum Gasteiger partial charge on any atom is -0.339 e. The summed E-state index contributed by atoms with van der Waals surface area (Å²) in [6, 6.07) is 3.70. The SMILES string of the molecule is C=CC(=O)N1CCCC(C(=O)N2CCN(C(=O)c3cccs3)CC2)C1. The van der Waals surface area contributed by atoms with E-state index in [1.807, 2.05) is 27.3 Å². The number of carbonyl (C=O) groups excluding carboxylic acids is 3. The fourth-order valence-electron chi connectivity index (χ4n) is 3.45. The van der Waals surface area contributed by atoms with E-state index < -0.39 is 0 Å². The monoisotopic (exact) mass is 361 g/mol. The first kappa shape index (κ1) is 17.7. The van der Waals surface area contributed by atoms with Gasteiger partial charge in [0.1, 0.15) is 0 Å². The van der Waals surface area contributed by atoms with Crippen molar-refractivity contribution in [3.8, 4) is 0 Å². The Morgan fingerprint density at radius 1 is 1.08 bits per heavy atom. The molecule has 1 aromatic heterocycles. The van der Waals surface area contributed by atoms with Gasteiger partial charge in [-0.2, -0.15) is 0 Å². The maximum atomic E-state index is 12.8. The number of piperidine rings is 1. The third-order valence-corrected chi connectivity index (χ3v) is 5.73. The first-order valence-electron chi connectivity index (χ1n) is 8.63. The highest BCUT2D eigenvalue weighted by Crippen LogP contribution is 2.21. The molecule has 7 heteroatoms. The third kappa shape index (κ3) is 3.92. The number of hydrogen-bond donors (Lipinski definition) is 0. The molecule has 3 rings (SSSR count). The van der Waals surface area contributed by atoms with Crippen molar-refractivity contribution >= 4 is 29.1 Å². The predicted octanol–water partition coefficient (Wildman–Crippen LogP) is 1.46. The summed E-state index contributed by atoms with van der Waals surface area (Å²) >= 11 is 1.44. The molecule has 0 bridgehead atoms. The van der Waals surface area contributed by atoms with E-state index in [1.54, 1.807) is 4.90 Å². The van der Waals surface area contributed by atoms with Gasteiger partial charge in [-0.25, -0.2) is 0 Å². The van der Waals surface area contributed by atoms with Crippen LogP contribution in [-0.2, 0) is 9.59 Å². The first-order valence-corrected chi connectivity index (χ1v) is 9.51. The van der Waals surface area contributed by atoms with E-state index in [2.05, 4.69) is 6.58 Å². The molecule has 2 aliphatic rings. The highest BCUT2D eigenvalue weighted by Gasteiger charge is 2.32. The van der Waals surface area contributed by atoms with Gasteiger partial charge < -0.3 is 14.7 Å². The molecule has 0 aromatic carbocycles. The van der Waals surface area contributed by atoms with Crippen LogP contribution in [0.4, 0.5) is 0 Å². The van der Waals surface area contributed by atoms with Crippen LogP contribution in [0.1, 0.15) is 22.5 Å². The maximum absolute atomic E-state index is 12.8. The Labute approximate surface area is 151 Å². The number of nitrogens with zero attached hydrogens (tertiary/aromatic N) is 3. The lowest BCUT2D eigenvalue weighted by Crippen LogP contribution is -2.54. The fraction of sp³-hybridized carbons (Fsp3) is 0.500. The van der Waals surface area contributed by atoms with E-state index in [4.69, 9.17) is 0 Å². The molecule has 2 saturated heterocycles. The van der Waals surface area contributed by atoms with Crippen LogP contribution < -0.4 is 0 Å². The molecule has 3 amide bonds. The van der Waals surface area contributed by atoms with Crippen molar-refractivity contribution in [2.75, 3.05) is 39.3 Å². The molecule has 6 nitrogen and oxygen atoms in total. The van der Waals surface area contributed by atoms with Crippen LogP contribution in [0.25, 0.3) is 0 Å². The van der Waals surface area contributed by atoms with Crippen molar-refractivity contribution in [1.82, 2.24) is 14.7 Å². The second-order valence-corrected chi connectivity index (χ2v) is 7.37. The first-order chi connectivity index (χ1) is 12.1. The molecule has 0 aliphatic carbocycles. The number of hydrogen-bond acceptors (Lipinski definition) is 4. The van der Waals surface area contributed by atoms with Crippen LogP contribution in [0.15, 0.2) is 30.2 Å². The quantitative estimate of drug-likeness (QED) is 0.766. The van der Waals surface area contributed by atoms with Gasteiger partial charge in [0.15, 0.2) is 0 Å². The summed E-state index contributed by atoms with van der Waals surface area (Å²) in [4.78, 5) is 43.0. The van der Waals surface area contributed by atoms with Crippen LogP contribution in [0, 0.1) is 5.92 Å². The summed E-state index contributed by atoms with van der Waals surface area (Å²) < 4.78 is 0. The largest absolute Gasteiger partial charge is 0.339 e. The zero-order chi connectivity index (χ0) is 17.8. The van der Waals surface area contributed by atoms with Crippen molar-refractivity contribution in [3.63, 3.8) is 0 Å². The number of thiophene rings is 1. The van der Waals surface area contributed by atoms with Gasteiger partial charge in [0, 0.05) is 39.3 Å². The highest BCUT2D eigenvalue weighted by atomic mass is 32.1. The average Bonchev–Trinajstić information content (AvgIpc) is 3.21. The Morgan fingerprint density at radius 3 is 2.44 bits per heavy atom. The minimum atomic E-state index is -0.141. The Kier molecular flexibility index (Phi) is 5.53. The lowest BCUT2D eigenvalue weighted by Gasteiger charge is -2.38. The third-order valence-electron chi connectivity index (χ3n) is 4.87. The van der Waals surface area contributed by atoms with Crippen molar-refractivity contribution in [1.29, 1.82) is 0 Å². The number of carbonyl (C=O) groups is 3. The van der Waals surface area contributed by atoms with Crippen LogP contribution in [0.3, 0.4) is 0 Å². The standard InChI is InChI=1S/C18H23N3O3S/c1-2-16(22)21-7-3-5-14(13-21)17(23)19-8-10-20(11-9-19)18(24)15-6-4-12-25-15/h2,4,6,12,14H,1,3,5,7-11,13H2. The summed E-state index contributed by atoms with van der Waals surface area (Å²) in [7, 11) is 0. The van der Waals surface area contributed by atoms with Gasteiger partial charge >= 0.3 is 0 Å². The molecular formula is C18H23N3O3S. The lowest BCUT2D eigenvalue weighted by molar-refractivity contribution is -0.140. The van der Waals surface area contributed by atoms with E-state index in [9.17, 15) is 14.4 Å². The molecule has 134 valence electrons. The summed E-state index contributed by atoms with van der Waals surface area (Å²) in [6.45, 7) is 6.92. The smallest absolute Gasteiger partial charge is 0.264 e.